The van der Waals surface area contributed by atoms with Crippen molar-refractivity contribution in [2.24, 2.45) is 0 Å². The summed E-state index contributed by atoms with van der Waals surface area (Å²) in [6.07, 6.45) is -3.31. The predicted molar refractivity (Wildman–Crippen MR) is 148 cm³/mol. The van der Waals surface area contributed by atoms with E-state index in [1.807, 2.05) is 11.8 Å². The zero-order valence-corrected chi connectivity index (χ0v) is 23.0. The molecule has 14 heteroatoms. The molecule has 0 spiro atoms. The van der Waals surface area contributed by atoms with Crippen molar-refractivity contribution >= 4 is 32.5 Å². The van der Waals surface area contributed by atoms with Crippen LogP contribution in [0.3, 0.4) is 0 Å². The lowest BCUT2D eigenvalue weighted by molar-refractivity contribution is -0.106. The Morgan fingerprint density at radius 2 is 1.86 bits per heavy atom. The monoisotopic (exact) mass is 605 g/mol. The molecule has 1 amide bonds. The molecule has 42 heavy (non-hydrogen) atoms. The van der Waals surface area contributed by atoms with Crippen LogP contribution >= 0.6 is 0 Å². The summed E-state index contributed by atoms with van der Waals surface area (Å²) in [6, 6.07) is 12.0. The van der Waals surface area contributed by atoms with Gasteiger partial charge in [0.15, 0.2) is 15.6 Å². The molecule has 222 valence electrons. The van der Waals surface area contributed by atoms with Crippen LogP contribution in [-0.4, -0.2) is 67.0 Å². The number of fused-ring (bicyclic) bond motifs is 1. The van der Waals surface area contributed by atoms with Gasteiger partial charge in [-0.15, -0.1) is 0 Å². The molecular weight excluding hydrogens is 578 g/mol. The summed E-state index contributed by atoms with van der Waals surface area (Å²) in [5.41, 5.74) is 1.87. The average molecular weight is 606 g/mol. The van der Waals surface area contributed by atoms with E-state index in [9.17, 15) is 30.8 Å². The SMILES string of the molecule is C[C@H]1CN(c2cc(F)cc(-c3ccc4cnc(CNC(=O)c5ccc(S(=O)(=O)CC(F)(F)F)cc5)cc4n3)n2)CCO1.[HH]. The summed E-state index contributed by atoms with van der Waals surface area (Å²) in [5.74, 6) is -2.52. The first-order valence-electron chi connectivity index (χ1n) is 12.8. The molecule has 1 saturated heterocycles. The molecule has 1 fully saturated rings. The number of amides is 1. The van der Waals surface area contributed by atoms with Gasteiger partial charge in [0.25, 0.3) is 5.91 Å². The van der Waals surface area contributed by atoms with Crippen molar-refractivity contribution in [2.75, 3.05) is 30.3 Å². The molecule has 0 aliphatic carbocycles. The molecule has 5 rings (SSSR count). The fourth-order valence-corrected chi connectivity index (χ4v) is 5.63. The number of ether oxygens (including phenoxy) is 1. The van der Waals surface area contributed by atoms with Gasteiger partial charge in [-0.25, -0.2) is 22.8 Å². The summed E-state index contributed by atoms with van der Waals surface area (Å²) in [6.45, 7) is 3.63. The van der Waals surface area contributed by atoms with E-state index in [1.165, 1.54) is 12.1 Å². The van der Waals surface area contributed by atoms with Gasteiger partial charge >= 0.3 is 6.18 Å². The maximum absolute atomic E-state index is 14.6. The van der Waals surface area contributed by atoms with E-state index >= 15 is 0 Å². The van der Waals surface area contributed by atoms with Gasteiger partial charge in [0, 0.05) is 43.8 Å². The van der Waals surface area contributed by atoms with Crippen LogP contribution in [0.4, 0.5) is 23.4 Å². The van der Waals surface area contributed by atoms with Gasteiger partial charge in [0.05, 0.1) is 46.7 Å². The number of nitrogens with zero attached hydrogens (tertiary/aromatic N) is 4. The second kappa shape index (κ2) is 11.6. The van der Waals surface area contributed by atoms with Crippen molar-refractivity contribution in [3.63, 3.8) is 0 Å². The van der Waals surface area contributed by atoms with Gasteiger partial charge in [-0.1, -0.05) is 0 Å². The van der Waals surface area contributed by atoms with E-state index in [4.69, 9.17) is 4.74 Å². The minimum Gasteiger partial charge on any atom is -0.375 e. The molecule has 4 aromatic rings. The van der Waals surface area contributed by atoms with Crippen molar-refractivity contribution in [1.29, 1.82) is 0 Å². The van der Waals surface area contributed by atoms with Gasteiger partial charge in [-0.05, 0) is 49.4 Å². The second-order valence-corrected chi connectivity index (χ2v) is 11.8. The van der Waals surface area contributed by atoms with E-state index in [2.05, 4.69) is 20.3 Å². The van der Waals surface area contributed by atoms with Crippen LogP contribution in [0.2, 0.25) is 0 Å². The molecule has 9 nitrogen and oxygen atoms in total. The molecule has 1 aromatic carbocycles. The highest BCUT2D eigenvalue weighted by molar-refractivity contribution is 7.91. The maximum Gasteiger partial charge on any atom is 0.403 e. The molecule has 0 unspecified atom stereocenters. The van der Waals surface area contributed by atoms with Crippen LogP contribution in [0.25, 0.3) is 22.3 Å². The fourth-order valence-electron chi connectivity index (χ4n) is 4.49. The topological polar surface area (TPSA) is 114 Å². The Balaban J connectivity index is 0.00000423. The zero-order valence-electron chi connectivity index (χ0n) is 22.2. The van der Waals surface area contributed by atoms with E-state index in [-0.39, 0.29) is 19.6 Å². The molecule has 1 atom stereocenters. The third kappa shape index (κ3) is 6.99. The number of carbonyl (C=O) groups is 1. The molecule has 1 aliphatic rings. The zero-order chi connectivity index (χ0) is 30.1. The fraction of sp³-hybridized carbons (Fsp3) is 0.286. The molecule has 1 aliphatic heterocycles. The summed E-state index contributed by atoms with van der Waals surface area (Å²) >= 11 is 0. The lowest BCUT2D eigenvalue weighted by Crippen LogP contribution is -2.41. The minimum atomic E-state index is -4.88. The maximum atomic E-state index is 14.6. The Hall–Kier alpha value is -4.17. The number of rotatable bonds is 7. The molecule has 0 radical (unpaired) electrons. The van der Waals surface area contributed by atoms with Crippen LogP contribution in [0, 0.1) is 5.82 Å². The number of alkyl halides is 3. The first-order chi connectivity index (χ1) is 19.9. The standard InChI is InChI=1S/C28H25F4N5O4S.H2/c1-17-15-37(8-9-41-17)26-11-20(29)10-25(36-26)23-7-4-19-13-33-21(12-24(19)35-23)14-34-27(38)18-2-5-22(6-3-18)42(39,40)16-28(30,31)32;/h2-7,10-13,17H,8-9,14-16H2,1H3,(H,34,38);1H/t17-;/m0./s1. The molecule has 0 bridgehead atoms. The summed E-state index contributed by atoms with van der Waals surface area (Å²) < 4.78 is 81.6. The molecule has 0 saturated carbocycles. The van der Waals surface area contributed by atoms with E-state index in [1.54, 1.807) is 24.4 Å². The van der Waals surface area contributed by atoms with Gasteiger partial charge in [-0.3, -0.25) is 9.78 Å². The number of sulfone groups is 1. The highest BCUT2D eigenvalue weighted by Crippen LogP contribution is 2.25. The van der Waals surface area contributed by atoms with Crippen molar-refractivity contribution in [1.82, 2.24) is 20.3 Å². The smallest absolute Gasteiger partial charge is 0.375 e. The second-order valence-electron chi connectivity index (χ2n) is 9.80. The van der Waals surface area contributed by atoms with Crippen LogP contribution in [-0.2, 0) is 21.1 Å². The number of pyridine rings is 3. The van der Waals surface area contributed by atoms with Crippen LogP contribution in [0.5, 0.6) is 0 Å². The number of halogens is 4. The Morgan fingerprint density at radius 3 is 2.57 bits per heavy atom. The Kier molecular flexibility index (Phi) is 8.10. The number of anilines is 1. The number of hydrogen-bond donors (Lipinski definition) is 1. The number of aromatic nitrogens is 3. The quantitative estimate of drug-likeness (QED) is 0.305. The van der Waals surface area contributed by atoms with Crippen molar-refractivity contribution in [3.05, 3.63) is 77.9 Å². The van der Waals surface area contributed by atoms with Crippen LogP contribution < -0.4 is 10.2 Å². The van der Waals surface area contributed by atoms with Gasteiger partial charge in [0.1, 0.15) is 11.6 Å². The number of hydrogen-bond acceptors (Lipinski definition) is 8. The highest BCUT2D eigenvalue weighted by atomic mass is 32.2. The lowest BCUT2D eigenvalue weighted by atomic mass is 10.1. The normalized spacial score (nSPS) is 16.0. The van der Waals surface area contributed by atoms with Crippen LogP contribution in [0.1, 0.15) is 24.4 Å². The minimum absolute atomic E-state index is 0. The molecule has 4 heterocycles. The largest absolute Gasteiger partial charge is 0.403 e. The first-order valence-corrected chi connectivity index (χ1v) is 14.5. The Bertz CT molecular complexity index is 1740. The lowest BCUT2D eigenvalue weighted by Gasteiger charge is -2.32. The first kappa shape index (κ1) is 29.3. The van der Waals surface area contributed by atoms with Gasteiger partial charge in [0.2, 0.25) is 0 Å². The van der Waals surface area contributed by atoms with E-state index in [0.717, 1.165) is 24.3 Å². The van der Waals surface area contributed by atoms with Gasteiger partial charge in [-0.2, -0.15) is 13.2 Å². The third-order valence-electron chi connectivity index (χ3n) is 6.49. The highest BCUT2D eigenvalue weighted by Gasteiger charge is 2.36. The summed E-state index contributed by atoms with van der Waals surface area (Å²) in [5, 5.41) is 3.35. The number of morpholine rings is 1. The van der Waals surface area contributed by atoms with Crippen molar-refractivity contribution in [3.8, 4) is 11.4 Å². The van der Waals surface area contributed by atoms with E-state index < -0.39 is 38.4 Å². The number of benzene rings is 1. The van der Waals surface area contributed by atoms with Crippen LogP contribution in [0.15, 0.2) is 65.7 Å². The average Bonchev–Trinajstić information content (AvgIpc) is 2.94. The number of nitrogens with one attached hydrogen (secondary N) is 1. The molecular formula is C28H27F4N5O4S. The van der Waals surface area contributed by atoms with Gasteiger partial charge < -0.3 is 15.0 Å². The molecule has 3 aromatic heterocycles. The van der Waals surface area contributed by atoms with Crippen molar-refractivity contribution < 1.29 is 36.9 Å². The van der Waals surface area contributed by atoms with E-state index in [0.29, 0.717) is 53.5 Å². The summed E-state index contributed by atoms with van der Waals surface area (Å²) in [7, 11) is -4.58. The Morgan fingerprint density at radius 1 is 1.10 bits per heavy atom. The molecule has 1 N–H and O–H groups in total. The third-order valence-corrected chi connectivity index (χ3v) is 8.19. The van der Waals surface area contributed by atoms with Crippen molar-refractivity contribution in [2.45, 2.75) is 30.6 Å². The Labute approximate surface area is 240 Å². The number of carbonyl (C=O) groups excluding carboxylic acids is 1. The summed E-state index contributed by atoms with van der Waals surface area (Å²) in [4.78, 5) is 27.6. The predicted octanol–water partition coefficient (Wildman–Crippen LogP) is 4.57.